The summed E-state index contributed by atoms with van der Waals surface area (Å²) in [5.74, 6) is 1.02. The summed E-state index contributed by atoms with van der Waals surface area (Å²) in [6.07, 6.45) is 20.3. The maximum Gasteiger partial charge on any atom is -0.0417 e. The van der Waals surface area contributed by atoms with Gasteiger partial charge in [-0.1, -0.05) is 111 Å². The number of hydrogen-bond donors (Lipinski definition) is 0. The van der Waals surface area contributed by atoms with E-state index in [2.05, 4.69) is 20.8 Å². The van der Waals surface area contributed by atoms with Gasteiger partial charge in [-0.3, -0.25) is 0 Å². The fourth-order valence-corrected chi connectivity index (χ4v) is 2.79. The smallest absolute Gasteiger partial charge is 0.0417 e. The van der Waals surface area contributed by atoms with Crippen molar-refractivity contribution in [3.8, 4) is 0 Å². The van der Waals surface area contributed by atoms with Crippen molar-refractivity contribution in [1.29, 1.82) is 0 Å². The van der Waals surface area contributed by atoms with Gasteiger partial charge < -0.3 is 0 Å². The molecular formula is C18H38. The molecule has 1 atom stereocenters. The minimum Gasteiger partial charge on any atom is -0.0654 e. The van der Waals surface area contributed by atoms with Crippen molar-refractivity contribution in [2.45, 2.75) is 111 Å². The van der Waals surface area contributed by atoms with Crippen LogP contribution in [0.2, 0.25) is 0 Å². The summed E-state index contributed by atoms with van der Waals surface area (Å²) < 4.78 is 0. The third-order valence-electron chi connectivity index (χ3n) is 4.26. The van der Waals surface area contributed by atoms with Gasteiger partial charge in [0, 0.05) is 0 Å². The minimum absolute atomic E-state index is 1.02. The number of rotatable bonds is 14. The quantitative estimate of drug-likeness (QED) is 0.289. The first kappa shape index (κ1) is 18.0. The molecule has 0 heterocycles. The molecule has 0 N–H and O–H groups in total. The molecule has 0 spiro atoms. The molecule has 0 aliphatic rings. The lowest BCUT2D eigenvalue weighted by molar-refractivity contribution is 0.399. The Kier molecular flexibility index (Phi) is 15.1. The van der Waals surface area contributed by atoms with Gasteiger partial charge in [0.2, 0.25) is 0 Å². The zero-order chi connectivity index (χ0) is 13.5. The summed E-state index contributed by atoms with van der Waals surface area (Å²) >= 11 is 0. The van der Waals surface area contributed by atoms with Gasteiger partial charge in [0.1, 0.15) is 0 Å². The van der Waals surface area contributed by atoms with E-state index in [1.807, 2.05) is 0 Å². The van der Waals surface area contributed by atoms with Gasteiger partial charge in [-0.05, 0) is 5.92 Å². The highest BCUT2D eigenvalue weighted by Gasteiger charge is 2.04. The first-order valence-corrected chi connectivity index (χ1v) is 8.85. The number of unbranched alkanes of at least 4 members (excludes halogenated alkanes) is 9. The monoisotopic (exact) mass is 254 g/mol. The third kappa shape index (κ3) is 12.5. The predicted molar refractivity (Wildman–Crippen MR) is 85.2 cm³/mol. The van der Waals surface area contributed by atoms with Gasteiger partial charge in [-0.25, -0.2) is 0 Å². The van der Waals surface area contributed by atoms with Crippen molar-refractivity contribution in [2.75, 3.05) is 0 Å². The summed E-state index contributed by atoms with van der Waals surface area (Å²) in [6, 6.07) is 0. The van der Waals surface area contributed by atoms with E-state index < -0.39 is 0 Å². The van der Waals surface area contributed by atoms with E-state index in [9.17, 15) is 0 Å². The summed E-state index contributed by atoms with van der Waals surface area (Å²) in [5, 5.41) is 0. The lowest BCUT2D eigenvalue weighted by Gasteiger charge is -2.13. The van der Waals surface area contributed by atoms with Crippen molar-refractivity contribution in [1.82, 2.24) is 0 Å². The molecular weight excluding hydrogens is 216 g/mol. The summed E-state index contributed by atoms with van der Waals surface area (Å²) in [4.78, 5) is 0. The molecule has 0 saturated carbocycles. The van der Waals surface area contributed by atoms with Crippen molar-refractivity contribution in [2.24, 2.45) is 5.92 Å². The Hall–Kier alpha value is 0. The Bertz CT molecular complexity index is 139. The van der Waals surface area contributed by atoms with Gasteiger partial charge in [-0.15, -0.1) is 0 Å². The standard InChI is InChI=1S/C18H38/c1-4-7-9-10-11-12-13-14-15-17-18(6-3)16-8-5-2/h18H,4-17H2,1-3H3. The highest BCUT2D eigenvalue weighted by Crippen LogP contribution is 2.20. The maximum atomic E-state index is 2.37. The molecule has 18 heavy (non-hydrogen) atoms. The molecule has 0 aromatic carbocycles. The van der Waals surface area contributed by atoms with Crippen LogP contribution in [0.3, 0.4) is 0 Å². The predicted octanol–water partition coefficient (Wildman–Crippen LogP) is 7.12. The van der Waals surface area contributed by atoms with E-state index in [4.69, 9.17) is 0 Å². The van der Waals surface area contributed by atoms with Gasteiger partial charge in [0.05, 0.1) is 0 Å². The van der Waals surface area contributed by atoms with Crippen LogP contribution in [0.25, 0.3) is 0 Å². The normalized spacial score (nSPS) is 12.8. The second-order valence-corrected chi connectivity index (χ2v) is 6.03. The Balaban J connectivity index is 3.17. The molecule has 0 heteroatoms. The van der Waals surface area contributed by atoms with Crippen molar-refractivity contribution < 1.29 is 0 Å². The van der Waals surface area contributed by atoms with Crippen LogP contribution < -0.4 is 0 Å². The topological polar surface area (TPSA) is 0 Å². The summed E-state index contributed by atoms with van der Waals surface area (Å²) in [6.45, 7) is 6.97. The Labute approximate surface area is 117 Å². The first-order chi connectivity index (χ1) is 8.85. The fraction of sp³-hybridized carbons (Fsp3) is 1.00. The average molecular weight is 255 g/mol. The number of hydrogen-bond acceptors (Lipinski definition) is 0. The van der Waals surface area contributed by atoms with E-state index in [1.54, 1.807) is 0 Å². The average Bonchev–Trinajstić information content (AvgIpc) is 2.40. The Morgan fingerprint density at radius 2 is 0.944 bits per heavy atom. The zero-order valence-electron chi connectivity index (χ0n) is 13.5. The second kappa shape index (κ2) is 15.1. The van der Waals surface area contributed by atoms with Gasteiger partial charge >= 0.3 is 0 Å². The van der Waals surface area contributed by atoms with Crippen LogP contribution >= 0.6 is 0 Å². The zero-order valence-corrected chi connectivity index (χ0v) is 13.5. The Morgan fingerprint density at radius 3 is 1.44 bits per heavy atom. The van der Waals surface area contributed by atoms with Crippen LogP contribution in [-0.4, -0.2) is 0 Å². The fourth-order valence-electron chi connectivity index (χ4n) is 2.79. The molecule has 0 aliphatic carbocycles. The van der Waals surface area contributed by atoms with Gasteiger partial charge in [0.25, 0.3) is 0 Å². The second-order valence-electron chi connectivity index (χ2n) is 6.03. The van der Waals surface area contributed by atoms with E-state index >= 15 is 0 Å². The first-order valence-electron chi connectivity index (χ1n) is 8.85. The summed E-state index contributed by atoms with van der Waals surface area (Å²) in [5.41, 5.74) is 0. The van der Waals surface area contributed by atoms with Crippen LogP contribution in [0.4, 0.5) is 0 Å². The molecule has 0 fully saturated rings. The van der Waals surface area contributed by atoms with Gasteiger partial charge in [-0.2, -0.15) is 0 Å². The maximum absolute atomic E-state index is 2.37. The van der Waals surface area contributed by atoms with Gasteiger partial charge in [0.15, 0.2) is 0 Å². The molecule has 0 aromatic rings. The molecule has 1 unspecified atom stereocenters. The van der Waals surface area contributed by atoms with E-state index in [1.165, 1.54) is 89.9 Å². The van der Waals surface area contributed by atoms with E-state index in [-0.39, 0.29) is 0 Å². The Morgan fingerprint density at radius 1 is 0.500 bits per heavy atom. The van der Waals surface area contributed by atoms with Crippen molar-refractivity contribution in [3.05, 3.63) is 0 Å². The van der Waals surface area contributed by atoms with Crippen LogP contribution in [0.1, 0.15) is 111 Å². The largest absolute Gasteiger partial charge is 0.0654 e. The molecule has 0 nitrogen and oxygen atoms in total. The SMILES string of the molecule is CCCCCCCCCCCC(CC)CCCC. The molecule has 0 aliphatic heterocycles. The molecule has 110 valence electrons. The molecule has 0 saturated heterocycles. The highest BCUT2D eigenvalue weighted by atomic mass is 14.1. The lowest BCUT2D eigenvalue weighted by Crippen LogP contribution is -1.98. The van der Waals surface area contributed by atoms with Crippen LogP contribution in [0.15, 0.2) is 0 Å². The molecule has 0 amide bonds. The third-order valence-corrected chi connectivity index (χ3v) is 4.26. The molecule has 0 bridgehead atoms. The lowest BCUT2D eigenvalue weighted by atomic mass is 9.93. The highest BCUT2D eigenvalue weighted by molar-refractivity contribution is 4.58. The minimum atomic E-state index is 1.02. The van der Waals surface area contributed by atoms with E-state index in [0.717, 1.165) is 5.92 Å². The van der Waals surface area contributed by atoms with Crippen LogP contribution in [0, 0.1) is 5.92 Å². The molecule has 0 aromatic heterocycles. The molecule has 0 rings (SSSR count). The van der Waals surface area contributed by atoms with Crippen molar-refractivity contribution >= 4 is 0 Å². The van der Waals surface area contributed by atoms with Crippen LogP contribution in [0.5, 0.6) is 0 Å². The molecule has 0 radical (unpaired) electrons. The van der Waals surface area contributed by atoms with Crippen LogP contribution in [-0.2, 0) is 0 Å². The van der Waals surface area contributed by atoms with Crippen molar-refractivity contribution in [3.63, 3.8) is 0 Å². The summed E-state index contributed by atoms with van der Waals surface area (Å²) in [7, 11) is 0. The van der Waals surface area contributed by atoms with E-state index in [0.29, 0.717) is 0 Å².